The van der Waals surface area contributed by atoms with Gasteiger partial charge in [0, 0.05) is 12.6 Å². The van der Waals surface area contributed by atoms with Gasteiger partial charge in [0.2, 0.25) is 0 Å². The van der Waals surface area contributed by atoms with Crippen molar-refractivity contribution in [2.45, 2.75) is 45.7 Å². The van der Waals surface area contributed by atoms with Crippen molar-refractivity contribution >= 4 is 0 Å². The molecule has 0 amide bonds. The maximum absolute atomic E-state index is 3.57. The summed E-state index contributed by atoms with van der Waals surface area (Å²) in [5, 5.41) is 3.57. The summed E-state index contributed by atoms with van der Waals surface area (Å²) >= 11 is 0. The summed E-state index contributed by atoms with van der Waals surface area (Å²) in [4.78, 5) is 2.45. The summed E-state index contributed by atoms with van der Waals surface area (Å²) in [5.74, 6) is 0. The maximum Gasteiger partial charge on any atom is 0.0233 e. The molecular formula is C16H26N2. The van der Waals surface area contributed by atoms with Gasteiger partial charge in [0.25, 0.3) is 0 Å². The van der Waals surface area contributed by atoms with Crippen LogP contribution in [0.1, 0.15) is 36.0 Å². The van der Waals surface area contributed by atoms with Crippen molar-refractivity contribution in [2.75, 3.05) is 20.1 Å². The van der Waals surface area contributed by atoms with E-state index in [2.05, 4.69) is 49.3 Å². The van der Waals surface area contributed by atoms with Crippen LogP contribution in [0.15, 0.2) is 18.2 Å². The summed E-state index contributed by atoms with van der Waals surface area (Å²) < 4.78 is 0. The van der Waals surface area contributed by atoms with Crippen molar-refractivity contribution in [1.82, 2.24) is 10.2 Å². The SMILES string of the molecule is Cc1ccc(C)c(CN(C)CCC2CCCN2)c1. The summed E-state index contributed by atoms with van der Waals surface area (Å²) in [5.41, 5.74) is 4.24. The molecule has 1 heterocycles. The molecule has 2 nitrogen and oxygen atoms in total. The molecule has 0 radical (unpaired) electrons. The van der Waals surface area contributed by atoms with Gasteiger partial charge in [0.15, 0.2) is 0 Å². The molecule has 0 aromatic heterocycles. The first-order chi connectivity index (χ1) is 8.65. The van der Waals surface area contributed by atoms with Gasteiger partial charge in [-0.3, -0.25) is 0 Å². The Bertz CT molecular complexity index is 381. The Labute approximate surface area is 111 Å². The van der Waals surface area contributed by atoms with E-state index in [9.17, 15) is 0 Å². The fourth-order valence-corrected chi connectivity index (χ4v) is 2.72. The fraction of sp³-hybridized carbons (Fsp3) is 0.625. The second-order valence-corrected chi connectivity index (χ2v) is 5.75. The number of hydrogen-bond acceptors (Lipinski definition) is 2. The van der Waals surface area contributed by atoms with E-state index in [1.807, 2.05) is 0 Å². The molecule has 1 unspecified atom stereocenters. The molecule has 0 bridgehead atoms. The lowest BCUT2D eigenvalue weighted by molar-refractivity contribution is 0.305. The summed E-state index contributed by atoms with van der Waals surface area (Å²) in [6.07, 6.45) is 3.99. The number of nitrogens with zero attached hydrogens (tertiary/aromatic N) is 1. The van der Waals surface area contributed by atoms with Crippen LogP contribution in [0.2, 0.25) is 0 Å². The molecule has 2 rings (SSSR count). The van der Waals surface area contributed by atoms with Crippen LogP contribution in [0.3, 0.4) is 0 Å². The third kappa shape index (κ3) is 3.82. The average Bonchev–Trinajstić information content (AvgIpc) is 2.84. The maximum atomic E-state index is 3.57. The second kappa shape index (κ2) is 6.35. The van der Waals surface area contributed by atoms with Gasteiger partial charge in [-0.1, -0.05) is 23.8 Å². The standard InChI is InChI=1S/C16H26N2/c1-13-6-7-14(2)15(11-13)12-18(3)10-8-16-5-4-9-17-16/h6-7,11,16-17H,4-5,8-10,12H2,1-3H3. The van der Waals surface area contributed by atoms with Crippen LogP contribution >= 0.6 is 0 Å². The van der Waals surface area contributed by atoms with Crippen molar-refractivity contribution in [3.05, 3.63) is 34.9 Å². The topological polar surface area (TPSA) is 15.3 Å². The predicted octanol–water partition coefficient (Wildman–Crippen LogP) is 2.88. The number of rotatable bonds is 5. The van der Waals surface area contributed by atoms with E-state index in [-0.39, 0.29) is 0 Å². The highest BCUT2D eigenvalue weighted by Gasteiger charge is 2.14. The number of aryl methyl sites for hydroxylation is 2. The van der Waals surface area contributed by atoms with Gasteiger partial charge in [-0.2, -0.15) is 0 Å². The van der Waals surface area contributed by atoms with Gasteiger partial charge in [-0.25, -0.2) is 0 Å². The molecule has 18 heavy (non-hydrogen) atoms. The van der Waals surface area contributed by atoms with Crippen LogP contribution in [-0.4, -0.2) is 31.1 Å². The first-order valence-electron chi connectivity index (χ1n) is 7.13. The molecular weight excluding hydrogens is 220 g/mol. The van der Waals surface area contributed by atoms with E-state index in [1.165, 1.54) is 49.0 Å². The minimum atomic E-state index is 0.756. The Morgan fingerprint density at radius 1 is 1.33 bits per heavy atom. The normalized spacial score (nSPS) is 19.7. The minimum Gasteiger partial charge on any atom is -0.314 e. The fourth-order valence-electron chi connectivity index (χ4n) is 2.72. The predicted molar refractivity (Wildman–Crippen MR) is 77.9 cm³/mol. The van der Waals surface area contributed by atoms with E-state index < -0.39 is 0 Å². The second-order valence-electron chi connectivity index (χ2n) is 5.75. The van der Waals surface area contributed by atoms with Crippen LogP contribution in [-0.2, 0) is 6.54 Å². The third-order valence-corrected chi connectivity index (χ3v) is 3.97. The highest BCUT2D eigenvalue weighted by Crippen LogP contribution is 2.14. The van der Waals surface area contributed by atoms with Gasteiger partial charge in [0.1, 0.15) is 0 Å². The smallest absolute Gasteiger partial charge is 0.0233 e. The minimum absolute atomic E-state index is 0.756. The highest BCUT2D eigenvalue weighted by molar-refractivity contribution is 5.30. The zero-order valence-corrected chi connectivity index (χ0v) is 12.0. The van der Waals surface area contributed by atoms with Gasteiger partial charge < -0.3 is 10.2 Å². The molecule has 1 aromatic carbocycles. The van der Waals surface area contributed by atoms with Crippen molar-refractivity contribution in [3.8, 4) is 0 Å². The zero-order chi connectivity index (χ0) is 13.0. The number of benzene rings is 1. The lowest BCUT2D eigenvalue weighted by atomic mass is 10.1. The molecule has 0 saturated carbocycles. The monoisotopic (exact) mass is 246 g/mol. The largest absolute Gasteiger partial charge is 0.314 e. The Hall–Kier alpha value is -0.860. The highest BCUT2D eigenvalue weighted by atomic mass is 15.1. The van der Waals surface area contributed by atoms with Crippen molar-refractivity contribution in [3.63, 3.8) is 0 Å². The molecule has 1 aromatic rings. The first kappa shape index (κ1) is 13.6. The van der Waals surface area contributed by atoms with Crippen LogP contribution in [0.25, 0.3) is 0 Å². The first-order valence-corrected chi connectivity index (χ1v) is 7.13. The van der Waals surface area contributed by atoms with E-state index >= 15 is 0 Å². The lowest BCUT2D eigenvalue weighted by Gasteiger charge is -2.20. The molecule has 100 valence electrons. The van der Waals surface area contributed by atoms with Crippen LogP contribution in [0, 0.1) is 13.8 Å². The summed E-state index contributed by atoms with van der Waals surface area (Å²) in [7, 11) is 2.23. The average molecular weight is 246 g/mol. The summed E-state index contributed by atoms with van der Waals surface area (Å²) in [6, 6.07) is 7.50. The van der Waals surface area contributed by atoms with Gasteiger partial charge in [-0.05, 0) is 64.4 Å². The molecule has 1 atom stereocenters. The van der Waals surface area contributed by atoms with Crippen LogP contribution in [0.4, 0.5) is 0 Å². The van der Waals surface area contributed by atoms with Crippen LogP contribution < -0.4 is 5.32 Å². The molecule has 1 fully saturated rings. The van der Waals surface area contributed by atoms with Gasteiger partial charge in [-0.15, -0.1) is 0 Å². The Morgan fingerprint density at radius 2 is 2.17 bits per heavy atom. The molecule has 1 aliphatic rings. The lowest BCUT2D eigenvalue weighted by Crippen LogP contribution is -2.28. The molecule has 0 aliphatic carbocycles. The van der Waals surface area contributed by atoms with Crippen molar-refractivity contribution in [2.24, 2.45) is 0 Å². The van der Waals surface area contributed by atoms with E-state index in [0.717, 1.165) is 12.6 Å². The zero-order valence-electron chi connectivity index (χ0n) is 12.0. The Balaban J connectivity index is 1.82. The van der Waals surface area contributed by atoms with Crippen LogP contribution in [0.5, 0.6) is 0 Å². The van der Waals surface area contributed by atoms with Crippen molar-refractivity contribution < 1.29 is 0 Å². The summed E-state index contributed by atoms with van der Waals surface area (Å²) in [6.45, 7) is 7.85. The van der Waals surface area contributed by atoms with Gasteiger partial charge >= 0.3 is 0 Å². The van der Waals surface area contributed by atoms with E-state index in [1.54, 1.807) is 0 Å². The quantitative estimate of drug-likeness (QED) is 0.859. The Morgan fingerprint density at radius 3 is 2.89 bits per heavy atom. The molecule has 1 saturated heterocycles. The molecule has 2 heteroatoms. The molecule has 1 aliphatic heterocycles. The van der Waals surface area contributed by atoms with Crippen molar-refractivity contribution in [1.29, 1.82) is 0 Å². The molecule has 1 N–H and O–H groups in total. The van der Waals surface area contributed by atoms with E-state index in [4.69, 9.17) is 0 Å². The number of hydrogen-bond donors (Lipinski definition) is 1. The third-order valence-electron chi connectivity index (χ3n) is 3.97. The molecule has 0 spiro atoms. The van der Waals surface area contributed by atoms with E-state index in [0.29, 0.717) is 0 Å². The van der Waals surface area contributed by atoms with Gasteiger partial charge in [0.05, 0.1) is 0 Å². The Kier molecular flexibility index (Phi) is 4.79. The number of nitrogens with one attached hydrogen (secondary N) is 1.